The van der Waals surface area contributed by atoms with Crippen LogP contribution in [0.4, 0.5) is 5.69 Å². The number of nitrogen functional groups attached to an aromatic ring is 1. The van der Waals surface area contributed by atoms with Gasteiger partial charge in [-0.3, -0.25) is 4.79 Å². The van der Waals surface area contributed by atoms with Gasteiger partial charge in [0.1, 0.15) is 0 Å². The maximum Gasteiger partial charge on any atom is 0.251 e. The molecule has 5 nitrogen and oxygen atoms in total. The Bertz CT molecular complexity index is 607. The Hall–Kier alpha value is -1.56. The van der Waals surface area contributed by atoms with Gasteiger partial charge in [-0.15, -0.1) is 0 Å². The molecule has 118 valence electrons. The summed E-state index contributed by atoms with van der Waals surface area (Å²) in [6.45, 7) is 6.12. The van der Waals surface area contributed by atoms with Gasteiger partial charge in [0, 0.05) is 23.5 Å². The van der Waals surface area contributed by atoms with Crippen molar-refractivity contribution in [3.05, 3.63) is 23.8 Å². The van der Waals surface area contributed by atoms with Crippen LogP contribution in [0, 0.1) is 5.92 Å². The quantitative estimate of drug-likeness (QED) is 0.788. The summed E-state index contributed by atoms with van der Waals surface area (Å²) in [5, 5.41) is 2.91. The first-order valence-corrected chi connectivity index (χ1v) is 8.99. The van der Waals surface area contributed by atoms with Gasteiger partial charge in [-0.2, -0.15) is 0 Å². The van der Waals surface area contributed by atoms with Gasteiger partial charge < -0.3 is 11.1 Å². The Labute approximate surface area is 126 Å². The van der Waals surface area contributed by atoms with E-state index in [-0.39, 0.29) is 28.1 Å². The first kappa shape index (κ1) is 17.5. The summed E-state index contributed by atoms with van der Waals surface area (Å²) in [6.07, 6.45) is 3.04. The van der Waals surface area contributed by atoms with Crippen molar-refractivity contribution >= 4 is 21.4 Å². The summed E-state index contributed by atoms with van der Waals surface area (Å²) in [4.78, 5) is 12.3. The predicted octanol–water partition coefficient (Wildman–Crippen LogP) is 2.23. The molecule has 1 aromatic rings. The van der Waals surface area contributed by atoms with E-state index in [0.717, 1.165) is 19.1 Å². The number of rotatable bonds is 6. The van der Waals surface area contributed by atoms with Crippen LogP contribution in [0.2, 0.25) is 0 Å². The predicted molar refractivity (Wildman–Crippen MR) is 85.0 cm³/mol. The lowest BCUT2D eigenvalue weighted by atomic mass is 9.95. The molecule has 1 amide bonds. The minimum absolute atomic E-state index is 0.0237. The number of nitrogens with one attached hydrogen (secondary N) is 1. The van der Waals surface area contributed by atoms with Crippen LogP contribution in [0.3, 0.4) is 0 Å². The van der Waals surface area contributed by atoms with Crippen molar-refractivity contribution in [3.63, 3.8) is 0 Å². The highest BCUT2D eigenvalue weighted by Crippen LogP contribution is 2.18. The molecule has 0 aliphatic rings. The van der Waals surface area contributed by atoms with Crippen LogP contribution >= 0.6 is 0 Å². The Morgan fingerprint density at radius 3 is 2.29 bits per heavy atom. The van der Waals surface area contributed by atoms with Gasteiger partial charge in [-0.05, 0) is 31.0 Å². The first-order chi connectivity index (χ1) is 9.68. The first-order valence-electron chi connectivity index (χ1n) is 7.10. The van der Waals surface area contributed by atoms with Gasteiger partial charge in [0.15, 0.2) is 9.84 Å². The number of benzene rings is 1. The van der Waals surface area contributed by atoms with Gasteiger partial charge in [0.2, 0.25) is 0 Å². The molecule has 1 rings (SSSR count). The number of hydrogen-bond acceptors (Lipinski definition) is 4. The van der Waals surface area contributed by atoms with E-state index in [2.05, 4.69) is 19.2 Å². The molecule has 0 fully saturated rings. The maximum atomic E-state index is 12.3. The molecule has 0 saturated carbocycles. The molecule has 0 aliphatic heterocycles. The third kappa shape index (κ3) is 4.74. The smallest absolute Gasteiger partial charge is 0.251 e. The van der Waals surface area contributed by atoms with E-state index in [0.29, 0.717) is 5.92 Å². The molecule has 0 heterocycles. The van der Waals surface area contributed by atoms with Crippen LogP contribution in [-0.4, -0.2) is 26.6 Å². The third-order valence-corrected chi connectivity index (χ3v) is 4.83. The number of anilines is 1. The van der Waals surface area contributed by atoms with Gasteiger partial charge in [-0.1, -0.05) is 26.7 Å². The zero-order chi connectivity index (χ0) is 16.2. The number of carbonyl (C=O) groups excluding carboxylic acids is 1. The number of sulfone groups is 1. The number of carbonyl (C=O) groups is 1. The number of nitrogens with two attached hydrogens (primary N) is 1. The molecule has 21 heavy (non-hydrogen) atoms. The van der Waals surface area contributed by atoms with E-state index in [1.165, 1.54) is 18.2 Å². The highest BCUT2D eigenvalue weighted by Gasteiger charge is 2.18. The average molecular weight is 312 g/mol. The molecule has 1 aromatic carbocycles. The van der Waals surface area contributed by atoms with Gasteiger partial charge in [0.05, 0.1) is 4.90 Å². The summed E-state index contributed by atoms with van der Waals surface area (Å²) in [5.74, 6) is 0.0935. The van der Waals surface area contributed by atoms with Crippen LogP contribution < -0.4 is 11.1 Å². The van der Waals surface area contributed by atoms with Crippen molar-refractivity contribution in [2.45, 2.75) is 44.6 Å². The summed E-state index contributed by atoms with van der Waals surface area (Å²) in [5.41, 5.74) is 6.23. The highest BCUT2D eigenvalue weighted by atomic mass is 32.2. The van der Waals surface area contributed by atoms with Crippen LogP contribution in [0.5, 0.6) is 0 Å². The van der Waals surface area contributed by atoms with Crippen molar-refractivity contribution in [3.8, 4) is 0 Å². The second-order valence-electron chi connectivity index (χ2n) is 5.40. The van der Waals surface area contributed by atoms with Crippen LogP contribution in [0.25, 0.3) is 0 Å². The second kappa shape index (κ2) is 6.93. The summed E-state index contributed by atoms with van der Waals surface area (Å²) < 4.78 is 23.2. The zero-order valence-electron chi connectivity index (χ0n) is 13.0. The molecule has 0 bridgehead atoms. The molecule has 0 radical (unpaired) electrons. The molecular formula is C15H24N2O3S. The Morgan fingerprint density at radius 1 is 1.24 bits per heavy atom. The molecule has 0 aromatic heterocycles. The van der Waals surface area contributed by atoms with Crippen LogP contribution in [0.15, 0.2) is 23.1 Å². The van der Waals surface area contributed by atoms with Crippen molar-refractivity contribution in [2.75, 3.05) is 12.0 Å². The van der Waals surface area contributed by atoms with Crippen molar-refractivity contribution in [1.82, 2.24) is 5.32 Å². The monoisotopic (exact) mass is 312 g/mol. The summed E-state index contributed by atoms with van der Waals surface area (Å²) >= 11 is 0. The lowest BCUT2D eigenvalue weighted by Crippen LogP contribution is -2.37. The number of hydrogen-bond donors (Lipinski definition) is 2. The van der Waals surface area contributed by atoms with E-state index in [1.807, 2.05) is 6.92 Å². The molecule has 0 aliphatic carbocycles. The van der Waals surface area contributed by atoms with E-state index in [1.54, 1.807) is 0 Å². The minimum Gasteiger partial charge on any atom is -0.399 e. The fourth-order valence-corrected chi connectivity index (χ4v) is 3.06. The molecular weight excluding hydrogens is 288 g/mol. The van der Waals surface area contributed by atoms with Gasteiger partial charge >= 0.3 is 0 Å². The largest absolute Gasteiger partial charge is 0.399 e. The summed E-state index contributed by atoms with van der Waals surface area (Å²) in [6, 6.07) is 4.23. The lowest BCUT2D eigenvalue weighted by molar-refractivity contribution is 0.0925. The highest BCUT2D eigenvalue weighted by molar-refractivity contribution is 7.90. The van der Waals surface area contributed by atoms with E-state index >= 15 is 0 Å². The Kier molecular flexibility index (Phi) is 5.78. The van der Waals surface area contributed by atoms with Crippen LogP contribution in [-0.2, 0) is 9.84 Å². The fourth-order valence-electron chi connectivity index (χ4n) is 2.37. The standard InChI is InChI=1S/C15H24N2O3S/c1-5-11(6-2)10(3)17-15(18)12-7-13(16)9-14(8-12)21(4,19)20/h7-11H,5-6,16H2,1-4H3,(H,17,18). The molecule has 1 atom stereocenters. The molecule has 0 saturated heterocycles. The minimum atomic E-state index is -3.40. The lowest BCUT2D eigenvalue weighted by Gasteiger charge is -2.22. The van der Waals surface area contributed by atoms with E-state index in [9.17, 15) is 13.2 Å². The maximum absolute atomic E-state index is 12.3. The number of amides is 1. The Morgan fingerprint density at radius 2 is 1.81 bits per heavy atom. The Balaban J connectivity index is 3.01. The third-order valence-electron chi connectivity index (χ3n) is 3.73. The topological polar surface area (TPSA) is 89.3 Å². The molecule has 6 heteroatoms. The van der Waals surface area contributed by atoms with Gasteiger partial charge in [-0.25, -0.2) is 8.42 Å². The summed E-state index contributed by atoms with van der Waals surface area (Å²) in [7, 11) is -3.40. The molecule has 3 N–H and O–H groups in total. The fraction of sp³-hybridized carbons (Fsp3) is 0.533. The average Bonchev–Trinajstić information content (AvgIpc) is 2.38. The van der Waals surface area contributed by atoms with E-state index < -0.39 is 9.84 Å². The normalized spacial score (nSPS) is 13.2. The molecule has 0 spiro atoms. The van der Waals surface area contributed by atoms with Crippen molar-refractivity contribution in [1.29, 1.82) is 0 Å². The van der Waals surface area contributed by atoms with E-state index in [4.69, 9.17) is 5.73 Å². The zero-order valence-corrected chi connectivity index (χ0v) is 13.8. The van der Waals surface area contributed by atoms with Crippen molar-refractivity contribution < 1.29 is 13.2 Å². The van der Waals surface area contributed by atoms with Gasteiger partial charge in [0.25, 0.3) is 5.91 Å². The van der Waals surface area contributed by atoms with Crippen molar-refractivity contribution in [2.24, 2.45) is 5.92 Å². The van der Waals surface area contributed by atoms with Crippen LogP contribution in [0.1, 0.15) is 44.0 Å². The SMILES string of the molecule is CCC(CC)C(C)NC(=O)c1cc(N)cc(S(C)(=O)=O)c1. The second-order valence-corrected chi connectivity index (χ2v) is 7.42. The molecule has 1 unspecified atom stereocenters.